The van der Waals surface area contributed by atoms with Crippen LogP contribution in [0, 0.1) is 5.41 Å². The largest absolute Gasteiger partial charge is 0.368 e. The average molecular weight is 198 g/mol. The van der Waals surface area contributed by atoms with E-state index in [4.69, 9.17) is 10.5 Å². The van der Waals surface area contributed by atoms with Crippen LogP contribution >= 0.6 is 0 Å². The first-order valence-electron chi connectivity index (χ1n) is 5.35. The Morgan fingerprint density at radius 1 is 1.57 bits per heavy atom. The van der Waals surface area contributed by atoms with E-state index in [9.17, 15) is 4.79 Å². The number of rotatable bonds is 4. The maximum atomic E-state index is 11.6. The van der Waals surface area contributed by atoms with Gasteiger partial charge in [-0.25, -0.2) is 0 Å². The molecule has 1 heterocycles. The molecule has 14 heavy (non-hydrogen) atoms. The van der Waals surface area contributed by atoms with Crippen molar-refractivity contribution in [3.63, 3.8) is 0 Å². The molecule has 2 aliphatic rings. The maximum absolute atomic E-state index is 11.6. The first-order chi connectivity index (χ1) is 6.76. The Labute approximate surface area is 84.2 Å². The molecule has 2 rings (SSSR count). The van der Waals surface area contributed by atoms with E-state index in [0.29, 0.717) is 6.54 Å². The van der Waals surface area contributed by atoms with Gasteiger partial charge in [0.15, 0.2) is 0 Å². The first kappa shape index (κ1) is 9.93. The van der Waals surface area contributed by atoms with Crippen molar-refractivity contribution >= 4 is 5.91 Å². The van der Waals surface area contributed by atoms with Gasteiger partial charge in [-0.15, -0.1) is 0 Å². The van der Waals surface area contributed by atoms with Gasteiger partial charge in [0.25, 0.3) is 0 Å². The summed E-state index contributed by atoms with van der Waals surface area (Å²) in [6, 6.07) is 0. The Bertz CT molecular complexity index is 220. The third-order valence-corrected chi connectivity index (χ3v) is 3.25. The number of hydrogen-bond acceptors (Lipinski definition) is 3. The summed E-state index contributed by atoms with van der Waals surface area (Å²) in [4.78, 5) is 11.6. The molecule has 0 aromatic rings. The number of ether oxygens (including phenoxy) is 1. The van der Waals surface area contributed by atoms with E-state index in [1.54, 1.807) is 0 Å². The maximum Gasteiger partial charge on any atom is 0.249 e. The zero-order chi connectivity index (χ0) is 10.0. The molecule has 2 fully saturated rings. The van der Waals surface area contributed by atoms with Gasteiger partial charge in [0, 0.05) is 13.2 Å². The number of nitrogens with one attached hydrogen (secondary N) is 1. The summed E-state index contributed by atoms with van der Waals surface area (Å²) >= 11 is 0. The van der Waals surface area contributed by atoms with Crippen molar-refractivity contribution in [2.45, 2.75) is 31.8 Å². The topological polar surface area (TPSA) is 64.3 Å². The normalized spacial score (nSPS) is 28.8. The molecular formula is C10H18N2O2. The van der Waals surface area contributed by atoms with Gasteiger partial charge < -0.3 is 15.8 Å². The Morgan fingerprint density at radius 3 is 2.86 bits per heavy atom. The SMILES string of the molecule is NCC1(CNC(=O)C2CCCO2)CC1. The molecule has 4 nitrogen and oxygen atoms in total. The van der Waals surface area contributed by atoms with Gasteiger partial charge in [-0.1, -0.05) is 0 Å². The Morgan fingerprint density at radius 2 is 2.36 bits per heavy atom. The molecule has 0 aromatic heterocycles. The summed E-state index contributed by atoms with van der Waals surface area (Å²) in [6.07, 6.45) is 3.95. The van der Waals surface area contributed by atoms with Crippen molar-refractivity contribution in [1.82, 2.24) is 5.32 Å². The highest BCUT2D eigenvalue weighted by atomic mass is 16.5. The monoisotopic (exact) mass is 198 g/mol. The van der Waals surface area contributed by atoms with Crippen LogP contribution in [0.5, 0.6) is 0 Å². The molecule has 3 N–H and O–H groups in total. The highest BCUT2D eigenvalue weighted by molar-refractivity contribution is 5.81. The molecule has 1 saturated heterocycles. The molecule has 0 spiro atoms. The van der Waals surface area contributed by atoms with E-state index in [1.165, 1.54) is 0 Å². The van der Waals surface area contributed by atoms with Crippen molar-refractivity contribution in [2.24, 2.45) is 11.1 Å². The summed E-state index contributed by atoms with van der Waals surface area (Å²) in [6.45, 7) is 2.13. The molecule has 0 radical (unpaired) electrons. The zero-order valence-electron chi connectivity index (χ0n) is 8.42. The highest BCUT2D eigenvalue weighted by Gasteiger charge is 2.41. The Hall–Kier alpha value is -0.610. The van der Waals surface area contributed by atoms with Crippen molar-refractivity contribution in [3.8, 4) is 0 Å². The smallest absolute Gasteiger partial charge is 0.249 e. The fourth-order valence-corrected chi connectivity index (χ4v) is 1.80. The minimum Gasteiger partial charge on any atom is -0.368 e. The van der Waals surface area contributed by atoms with Crippen molar-refractivity contribution in [3.05, 3.63) is 0 Å². The molecule has 1 atom stereocenters. The molecule has 1 amide bonds. The lowest BCUT2D eigenvalue weighted by molar-refractivity contribution is -0.130. The second kappa shape index (κ2) is 3.87. The predicted molar refractivity (Wildman–Crippen MR) is 52.7 cm³/mol. The van der Waals surface area contributed by atoms with E-state index >= 15 is 0 Å². The van der Waals surface area contributed by atoms with Crippen LogP contribution in [-0.2, 0) is 9.53 Å². The minimum atomic E-state index is -0.205. The lowest BCUT2D eigenvalue weighted by Gasteiger charge is -2.15. The van der Waals surface area contributed by atoms with Gasteiger partial charge in [-0.05, 0) is 37.6 Å². The molecule has 0 aromatic carbocycles. The van der Waals surface area contributed by atoms with Crippen LogP contribution in [0.1, 0.15) is 25.7 Å². The molecule has 1 aliphatic carbocycles. The third-order valence-electron chi connectivity index (χ3n) is 3.25. The van der Waals surface area contributed by atoms with Gasteiger partial charge in [0.1, 0.15) is 6.10 Å². The number of amides is 1. The fraction of sp³-hybridized carbons (Fsp3) is 0.900. The quantitative estimate of drug-likeness (QED) is 0.669. The van der Waals surface area contributed by atoms with Gasteiger partial charge in [0.2, 0.25) is 5.91 Å². The number of carbonyl (C=O) groups excluding carboxylic acids is 1. The van der Waals surface area contributed by atoms with Crippen LogP contribution < -0.4 is 11.1 Å². The molecule has 1 aliphatic heterocycles. The standard InChI is InChI=1S/C10H18N2O2/c11-6-10(3-4-10)7-12-9(13)8-2-1-5-14-8/h8H,1-7,11H2,(H,12,13). The lowest BCUT2D eigenvalue weighted by Crippen LogP contribution is -2.39. The van der Waals surface area contributed by atoms with Crippen LogP contribution in [-0.4, -0.2) is 31.7 Å². The second-order valence-corrected chi connectivity index (χ2v) is 4.42. The summed E-state index contributed by atoms with van der Waals surface area (Å²) in [5.41, 5.74) is 5.84. The van der Waals surface area contributed by atoms with Crippen LogP contribution in [0.2, 0.25) is 0 Å². The number of carbonyl (C=O) groups is 1. The van der Waals surface area contributed by atoms with E-state index in [-0.39, 0.29) is 17.4 Å². The Balaban J connectivity index is 1.72. The van der Waals surface area contributed by atoms with Gasteiger partial charge >= 0.3 is 0 Å². The summed E-state index contributed by atoms with van der Waals surface area (Å²) < 4.78 is 5.29. The molecule has 4 heteroatoms. The van der Waals surface area contributed by atoms with E-state index in [2.05, 4.69) is 5.32 Å². The summed E-state index contributed by atoms with van der Waals surface area (Å²) in [7, 11) is 0. The van der Waals surface area contributed by atoms with Crippen LogP contribution in [0.15, 0.2) is 0 Å². The highest BCUT2D eigenvalue weighted by Crippen LogP contribution is 2.43. The third kappa shape index (κ3) is 2.07. The van der Waals surface area contributed by atoms with Gasteiger partial charge in [-0.2, -0.15) is 0 Å². The zero-order valence-corrected chi connectivity index (χ0v) is 8.42. The molecule has 80 valence electrons. The summed E-state index contributed by atoms with van der Waals surface area (Å²) in [5, 5.41) is 2.93. The lowest BCUT2D eigenvalue weighted by atomic mass is 10.1. The van der Waals surface area contributed by atoms with Gasteiger partial charge in [-0.3, -0.25) is 4.79 Å². The molecule has 1 unspecified atom stereocenters. The minimum absolute atomic E-state index is 0.0437. The predicted octanol–water partition coefficient (Wildman–Crippen LogP) is 0.0205. The van der Waals surface area contributed by atoms with E-state index in [1.807, 2.05) is 0 Å². The van der Waals surface area contributed by atoms with Crippen molar-refractivity contribution in [2.75, 3.05) is 19.7 Å². The first-order valence-corrected chi connectivity index (χ1v) is 5.35. The van der Waals surface area contributed by atoms with Crippen LogP contribution in [0.25, 0.3) is 0 Å². The fourth-order valence-electron chi connectivity index (χ4n) is 1.80. The van der Waals surface area contributed by atoms with Gasteiger partial charge in [0.05, 0.1) is 0 Å². The molecule has 1 saturated carbocycles. The van der Waals surface area contributed by atoms with Crippen LogP contribution in [0.4, 0.5) is 0 Å². The van der Waals surface area contributed by atoms with E-state index < -0.39 is 0 Å². The molecule has 0 bridgehead atoms. The van der Waals surface area contributed by atoms with Crippen molar-refractivity contribution in [1.29, 1.82) is 0 Å². The Kier molecular flexibility index (Phi) is 2.74. The van der Waals surface area contributed by atoms with E-state index in [0.717, 1.165) is 38.8 Å². The average Bonchev–Trinajstić information content (AvgIpc) is 2.78. The molecular weight excluding hydrogens is 180 g/mol. The number of hydrogen-bond donors (Lipinski definition) is 2. The second-order valence-electron chi connectivity index (χ2n) is 4.42. The van der Waals surface area contributed by atoms with Crippen LogP contribution in [0.3, 0.4) is 0 Å². The summed E-state index contributed by atoms with van der Waals surface area (Å²) in [5.74, 6) is 0.0437. The number of nitrogens with two attached hydrogens (primary N) is 1. The van der Waals surface area contributed by atoms with Crippen molar-refractivity contribution < 1.29 is 9.53 Å².